The fraction of sp³-hybridized carbons (Fsp3) is 1.00. The predicted octanol–water partition coefficient (Wildman–Crippen LogP) is 2.78. The second kappa shape index (κ2) is 2.44. The average molecular weight is 156 g/mol. The first-order chi connectivity index (χ1) is 4.77. The Balaban J connectivity index is 2.05. The van der Waals surface area contributed by atoms with E-state index >= 15 is 0 Å². The SMILES string of the molecule is CC1CC2SCC(C)C2C1. The van der Waals surface area contributed by atoms with Gasteiger partial charge in [0.05, 0.1) is 0 Å². The number of thioether (sulfide) groups is 1. The predicted molar refractivity (Wildman–Crippen MR) is 47.3 cm³/mol. The molecule has 0 radical (unpaired) electrons. The summed E-state index contributed by atoms with van der Waals surface area (Å²) in [5, 5.41) is 1.05. The van der Waals surface area contributed by atoms with Crippen LogP contribution in [-0.2, 0) is 0 Å². The lowest BCUT2D eigenvalue weighted by Crippen LogP contribution is -2.09. The molecular weight excluding hydrogens is 140 g/mol. The molecular formula is C9H16S. The van der Waals surface area contributed by atoms with Crippen LogP contribution in [0, 0.1) is 17.8 Å². The zero-order valence-electron chi connectivity index (χ0n) is 6.84. The third-order valence-corrected chi connectivity index (χ3v) is 4.78. The molecule has 4 atom stereocenters. The highest BCUT2D eigenvalue weighted by molar-refractivity contribution is 8.00. The molecule has 0 N–H and O–H groups in total. The lowest BCUT2D eigenvalue weighted by Gasteiger charge is -2.11. The van der Waals surface area contributed by atoms with Gasteiger partial charge in [0.1, 0.15) is 0 Å². The maximum atomic E-state index is 2.43. The molecule has 1 saturated carbocycles. The molecule has 1 aliphatic carbocycles. The normalized spacial score (nSPS) is 53.4. The first-order valence-corrected chi connectivity index (χ1v) is 5.44. The molecule has 0 spiro atoms. The molecule has 0 bridgehead atoms. The van der Waals surface area contributed by atoms with E-state index in [1.54, 1.807) is 0 Å². The maximum absolute atomic E-state index is 2.43. The summed E-state index contributed by atoms with van der Waals surface area (Å²) in [4.78, 5) is 0. The Morgan fingerprint density at radius 3 is 2.70 bits per heavy atom. The Labute approximate surface area is 67.8 Å². The van der Waals surface area contributed by atoms with Gasteiger partial charge < -0.3 is 0 Å². The van der Waals surface area contributed by atoms with Gasteiger partial charge in [-0.05, 0) is 36.3 Å². The smallest absolute Gasteiger partial charge is 0.00808 e. The Morgan fingerprint density at radius 2 is 2.00 bits per heavy atom. The van der Waals surface area contributed by atoms with E-state index in [0.29, 0.717) is 0 Å². The van der Waals surface area contributed by atoms with Crippen LogP contribution in [0.2, 0.25) is 0 Å². The van der Waals surface area contributed by atoms with E-state index in [1.807, 2.05) is 0 Å². The molecule has 2 fully saturated rings. The zero-order valence-corrected chi connectivity index (χ0v) is 7.66. The highest BCUT2D eigenvalue weighted by Gasteiger charge is 2.40. The van der Waals surface area contributed by atoms with Gasteiger partial charge in [-0.15, -0.1) is 0 Å². The van der Waals surface area contributed by atoms with Crippen molar-refractivity contribution in [3.05, 3.63) is 0 Å². The summed E-state index contributed by atoms with van der Waals surface area (Å²) < 4.78 is 0. The number of rotatable bonds is 0. The molecule has 2 rings (SSSR count). The molecule has 2 aliphatic rings. The summed E-state index contributed by atoms with van der Waals surface area (Å²) in [6, 6.07) is 0. The third-order valence-electron chi connectivity index (χ3n) is 3.09. The first kappa shape index (κ1) is 7.02. The van der Waals surface area contributed by atoms with Crippen molar-refractivity contribution >= 4 is 11.8 Å². The van der Waals surface area contributed by atoms with Crippen molar-refractivity contribution in [1.82, 2.24) is 0 Å². The summed E-state index contributed by atoms with van der Waals surface area (Å²) >= 11 is 2.22. The maximum Gasteiger partial charge on any atom is 0.00808 e. The van der Waals surface area contributed by atoms with Crippen LogP contribution in [0.15, 0.2) is 0 Å². The zero-order chi connectivity index (χ0) is 7.14. The Bertz CT molecular complexity index is 133. The van der Waals surface area contributed by atoms with Gasteiger partial charge in [0.25, 0.3) is 0 Å². The molecule has 1 heteroatoms. The molecule has 1 saturated heterocycles. The van der Waals surface area contributed by atoms with Crippen molar-refractivity contribution in [1.29, 1.82) is 0 Å². The standard InChI is InChI=1S/C9H16S/c1-6-3-8-7(2)5-10-9(8)4-6/h6-9H,3-5H2,1-2H3. The van der Waals surface area contributed by atoms with Crippen LogP contribution in [0.3, 0.4) is 0 Å². The largest absolute Gasteiger partial charge is 0.158 e. The van der Waals surface area contributed by atoms with Crippen molar-refractivity contribution in [2.75, 3.05) is 5.75 Å². The van der Waals surface area contributed by atoms with Gasteiger partial charge in [-0.1, -0.05) is 13.8 Å². The van der Waals surface area contributed by atoms with Crippen LogP contribution in [0.4, 0.5) is 0 Å². The molecule has 10 heavy (non-hydrogen) atoms. The van der Waals surface area contributed by atoms with E-state index < -0.39 is 0 Å². The van der Waals surface area contributed by atoms with E-state index in [-0.39, 0.29) is 0 Å². The molecule has 0 amide bonds. The highest BCUT2D eigenvalue weighted by atomic mass is 32.2. The minimum atomic E-state index is 1.01. The van der Waals surface area contributed by atoms with Gasteiger partial charge >= 0.3 is 0 Å². The minimum absolute atomic E-state index is 1.01. The van der Waals surface area contributed by atoms with Crippen molar-refractivity contribution in [3.63, 3.8) is 0 Å². The fourth-order valence-electron chi connectivity index (χ4n) is 2.47. The van der Waals surface area contributed by atoms with Crippen molar-refractivity contribution < 1.29 is 0 Å². The van der Waals surface area contributed by atoms with E-state index in [4.69, 9.17) is 0 Å². The summed E-state index contributed by atoms with van der Waals surface area (Å²) in [5.74, 6) is 4.55. The van der Waals surface area contributed by atoms with Crippen LogP contribution in [-0.4, -0.2) is 11.0 Å². The van der Waals surface area contributed by atoms with E-state index in [0.717, 1.165) is 23.0 Å². The van der Waals surface area contributed by atoms with E-state index in [1.165, 1.54) is 18.6 Å². The Kier molecular flexibility index (Phi) is 1.71. The Morgan fingerprint density at radius 1 is 1.20 bits per heavy atom. The first-order valence-electron chi connectivity index (χ1n) is 4.39. The monoisotopic (exact) mass is 156 g/mol. The molecule has 0 aromatic heterocycles. The molecule has 0 aromatic rings. The van der Waals surface area contributed by atoms with Gasteiger partial charge in [0.15, 0.2) is 0 Å². The second-order valence-corrected chi connectivity index (χ2v) is 5.36. The summed E-state index contributed by atoms with van der Waals surface area (Å²) in [6.07, 6.45) is 3.01. The van der Waals surface area contributed by atoms with Gasteiger partial charge in [0, 0.05) is 5.25 Å². The lowest BCUT2D eigenvalue weighted by molar-refractivity contribution is 0.413. The molecule has 1 heterocycles. The van der Waals surface area contributed by atoms with Gasteiger partial charge in [-0.25, -0.2) is 0 Å². The molecule has 4 unspecified atom stereocenters. The summed E-state index contributed by atoms with van der Waals surface area (Å²) in [5.41, 5.74) is 0. The molecule has 0 aromatic carbocycles. The van der Waals surface area contributed by atoms with Crippen LogP contribution >= 0.6 is 11.8 Å². The molecule has 58 valence electrons. The van der Waals surface area contributed by atoms with Crippen LogP contribution in [0.5, 0.6) is 0 Å². The molecule has 0 nitrogen and oxygen atoms in total. The number of hydrogen-bond donors (Lipinski definition) is 0. The van der Waals surface area contributed by atoms with Crippen LogP contribution < -0.4 is 0 Å². The van der Waals surface area contributed by atoms with E-state index in [9.17, 15) is 0 Å². The fourth-order valence-corrected chi connectivity index (χ4v) is 4.36. The van der Waals surface area contributed by atoms with Crippen LogP contribution in [0.1, 0.15) is 26.7 Å². The topological polar surface area (TPSA) is 0 Å². The second-order valence-electron chi connectivity index (χ2n) is 4.09. The number of fused-ring (bicyclic) bond motifs is 1. The number of hydrogen-bond acceptors (Lipinski definition) is 1. The summed E-state index contributed by atoms with van der Waals surface area (Å²) in [7, 11) is 0. The van der Waals surface area contributed by atoms with E-state index in [2.05, 4.69) is 25.6 Å². The van der Waals surface area contributed by atoms with Gasteiger partial charge in [-0.3, -0.25) is 0 Å². The van der Waals surface area contributed by atoms with Crippen LogP contribution in [0.25, 0.3) is 0 Å². The van der Waals surface area contributed by atoms with Gasteiger partial charge in [0.2, 0.25) is 0 Å². The lowest BCUT2D eigenvalue weighted by atomic mass is 9.94. The van der Waals surface area contributed by atoms with Crippen molar-refractivity contribution in [2.45, 2.75) is 31.9 Å². The molecule has 1 aliphatic heterocycles. The van der Waals surface area contributed by atoms with Crippen molar-refractivity contribution in [2.24, 2.45) is 17.8 Å². The van der Waals surface area contributed by atoms with Crippen molar-refractivity contribution in [3.8, 4) is 0 Å². The summed E-state index contributed by atoms with van der Waals surface area (Å²) in [6.45, 7) is 4.83. The quantitative estimate of drug-likeness (QED) is 0.519. The average Bonchev–Trinajstić information content (AvgIpc) is 2.35. The highest BCUT2D eigenvalue weighted by Crippen LogP contribution is 2.48. The minimum Gasteiger partial charge on any atom is -0.158 e. The van der Waals surface area contributed by atoms with Gasteiger partial charge in [-0.2, -0.15) is 11.8 Å². The third kappa shape index (κ3) is 0.990. The Hall–Kier alpha value is 0.350.